The van der Waals surface area contributed by atoms with Gasteiger partial charge in [0.1, 0.15) is 10.8 Å². The first-order valence-corrected chi connectivity index (χ1v) is 7.44. The van der Waals surface area contributed by atoms with Crippen molar-refractivity contribution < 1.29 is 14.3 Å². The molecule has 0 spiro atoms. The van der Waals surface area contributed by atoms with Crippen LogP contribution in [0.4, 0.5) is 0 Å². The van der Waals surface area contributed by atoms with Crippen LogP contribution in [0.25, 0.3) is 11.3 Å². The van der Waals surface area contributed by atoms with Gasteiger partial charge in [-0.05, 0) is 26.0 Å². The first-order chi connectivity index (χ1) is 9.74. The Hall–Kier alpha value is -1.88. The first-order valence-electron chi connectivity index (χ1n) is 6.56. The van der Waals surface area contributed by atoms with Crippen molar-refractivity contribution in [1.82, 2.24) is 4.98 Å². The summed E-state index contributed by atoms with van der Waals surface area (Å²) < 4.78 is 10.5. The number of ether oxygens (including phenoxy) is 2. The molecular weight excluding hydrogens is 274 g/mol. The number of nitrogens with zero attached hydrogens (tertiary/aromatic N) is 1. The lowest BCUT2D eigenvalue weighted by molar-refractivity contribution is -0.142. The summed E-state index contributed by atoms with van der Waals surface area (Å²) in [5.41, 5.74) is 1.78. The fraction of sp³-hybridized carbons (Fsp3) is 0.333. The molecule has 1 heterocycles. The molecule has 0 radical (unpaired) electrons. The number of esters is 1. The summed E-state index contributed by atoms with van der Waals surface area (Å²) in [6.45, 7) is 4.74. The lowest BCUT2D eigenvalue weighted by atomic mass is 10.1. The zero-order valence-electron chi connectivity index (χ0n) is 11.6. The van der Waals surface area contributed by atoms with E-state index in [9.17, 15) is 4.79 Å². The number of carbonyl (C=O) groups excluding carboxylic acids is 1. The van der Waals surface area contributed by atoms with Gasteiger partial charge in [0.15, 0.2) is 0 Å². The third-order valence-electron chi connectivity index (χ3n) is 2.62. The van der Waals surface area contributed by atoms with Crippen LogP contribution in [-0.2, 0) is 16.0 Å². The predicted octanol–water partition coefficient (Wildman–Crippen LogP) is 3.31. The van der Waals surface area contributed by atoms with Crippen molar-refractivity contribution in [3.05, 3.63) is 34.7 Å². The Morgan fingerprint density at radius 2 is 2.05 bits per heavy atom. The van der Waals surface area contributed by atoms with E-state index in [1.165, 1.54) is 11.3 Å². The maximum atomic E-state index is 11.4. The van der Waals surface area contributed by atoms with Crippen molar-refractivity contribution in [3.8, 4) is 17.0 Å². The molecule has 106 valence electrons. The van der Waals surface area contributed by atoms with E-state index in [2.05, 4.69) is 4.98 Å². The van der Waals surface area contributed by atoms with Crippen molar-refractivity contribution >= 4 is 17.3 Å². The van der Waals surface area contributed by atoms with Gasteiger partial charge in [0.25, 0.3) is 0 Å². The molecule has 1 aromatic carbocycles. The molecule has 0 saturated heterocycles. The summed E-state index contributed by atoms with van der Waals surface area (Å²) in [6, 6.07) is 7.76. The summed E-state index contributed by atoms with van der Waals surface area (Å²) >= 11 is 1.46. The zero-order valence-corrected chi connectivity index (χ0v) is 12.4. The number of hydrogen-bond acceptors (Lipinski definition) is 5. The van der Waals surface area contributed by atoms with Gasteiger partial charge in [0, 0.05) is 10.9 Å². The van der Waals surface area contributed by atoms with Gasteiger partial charge in [-0.15, -0.1) is 11.3 Å². The van der Waals surface area contributed by atoms with Gasteiger partial charge in [-0.2, -0.15) is 0 Å². The van der Waals surface area contributed by atoms with Gasteiger partial charge in [0.2, 0.25) is 0 Å². The summed E-state index contributed by atoms with van der Waals surface area (Å²) in [7, 11) is 0. The Balaban J connectivity index is 2.18. The highest BCUT2D eigenvalue weighted by atomic mass is 32.1. The highest BCUT2D eigenvalue weighted by Crippen LogP contribution is 2.30. The van der Waals surface area contributed by atoms with Gasteiger partial charge in [-0.1, -0.05) is 12.1 Å². The smallest absolute Gasteiger partial charge is 0.312 e. The first kappa shape index (κ1) is 14.5. The second-order valence-corrected chi connectivity index (χ2v) is 4.98. The SMILES string of the molecule is CCOC(=O)Cc1nc(-c2ccccc2OCC)cs1. The van der Waals surface area contributed by atoms with Crippen molar-refractivity contribution in [1.29, 1.82) is 0 Å². The van der Waals surface area contributed by atoms with Crippen LogP contribution in [0.1, 0.15) is 18.9 Å². The van der Waals surface area contributed by atoms with Gasteiger partial charge in [-0.3, -0.25) is 4.79 Å². The molecule has 0 atom stereocenters. The zero-order chi connectivity index (χ0) is 14.4. The van der Waals surface area contributed by atoms with Gasteiger partial charge >= 0.3 is 5.97 Å². The lowest BCUT2D eigenvalue weighted by Crippen LogP contribution is -2.07. The molecular formula is C15H17NO3S. The fourth-order valence-corrected chi connectivity index (χ4v) is 2.59. The van der Waals surface area contributed by atoms with Gasteiger partial charge in [0.05, 0.1) is 25.3 Å². The topological polar surface area (TPSA) is 48.4 Å². The maximum Gasteiger partial charge on any atom is 0.312 e. The minimum atomic E-state index is -0.244. The quantitative estimate of drug-likeness (QED) is 0.766. The normalized spacial score (nSPS) is 10.3. The lowest BCUT2D eigenvalue weighted by Gasteiger charge is -2.07. The van der Waals surface area contributed by atoms with Crippen LogP contribution in [0.15, 0.2) is 29.6 Å². The highest BCUT2D eigenvalue weighted by Gasteiger charge is 2.12. The van der Waals surface area contributed by atoms with E-state index in [1.807, 2.05) is 36.6 Å². The molecule has 0 aliphatic carbocycles. The third-order valence-corrected chi connectivity index (χ3v) is 3.46. The molecule has 0 aliphatic heterocycles. The number of aromatic nitrogens is 1. The molecule has 0 fully saturated rings. The summed E-state index contributed by atoms with van der Waals surface area (Å²) in [6.07, 6.45) is 0.218. The van der Waals surface area contributed by atoms with Crippen LogP contribution in [0.3, 0.4) is 0 Å². The average Bonchev–Trinajstić information content (AvgIpc) is 2.88. The molecule has 5 heteroatoms. The van der Waals surface area contributed by atoms with Crippen molar-refractivity contribution in [3.63, 3.8) is 0 Å². The molecule has 4 nitrogen and oxygen atoms in total. The van der Waals surface area contributed by atoms with Crippen LogP contribution in [0.2, 0.25) is 0 Å². The highest BCUT2D eigenvalue weighted by molar-refractivity contribution is 7.10. The van der Waals surface area contributed by atoms with E-state index in [-0.39, 0.29) is 12.4 Å². The molecule has 2 aromatic rings. The summed E-state index contributed by atoms with van der Waals surface area (Å²) in [5.74, 6) is 0.564. The van der Waals surface area contributed by atoms with Crippen molar-refractivity contribution in [2.45, 2.75) is 20.3 Å². The summed E-state index contributed by atoms with van der Waals surface area (Å²) in [4.78, 5) is 15.9. The van der Waals surface area contributed by atoms with Crippen molar-refractivity contribution in [2.75, 3.05) is 13.2 Å². The number of carbonyl (C=O) groups is 1. The molecule has 0 aliphatic rings. The molecule has 20 heavy (non-hydrogen) atoms. The molecule has 0 amide bonds. The number of rotatable bonds is 6. The van der Waals surface area contributed by atoms with Crippen molar-refractivity contribution in [2.24, 2.45) is 0 Å². The van der Waals surface area contributed by atoms with E-state index in [0.29, 0.717) is 13.2 Å². The minimum Gasteiger partial charge on any atom is -0.493 e. The van der Waals surface area contributed by atoms with E-state index < -0.39 is 0 Å². The van der Waals surface area contributed by atoms with E-state index in [4.69, 9.17) is 9.47 Å². The largest absolute Gasteiger partial charge is 0.493 e. The molecule has 1 aromatic heterocycles. The standard InChI is InChI=1S/C15H17NO3S/c1-3-18-13-8-6-5-7-11(13)12-10-20-14(16-12)9-15(17)19-4-2/h5-8,10H,3-4,9H2,1-2H3. The molecule has 0 bridgehead atoms. The number of thiazole rings is 1. The monoisotopic (exact) mass is 291 g/mol. The number of para-hydroxylation sites is 1. The van der Waals surface area contributed by atoms with Gasteiger partial charge in [-0.25, -0.2) is 4.98 Å². The van der Waals surface area contributed by atoms with Crippen LogP contribution in [-0.4, -0.2) is 24.2 Å². The summed E-state index contributed by atoms with van der Waals surface area (Å²) in [5, 5.41) is 2.69. The maximum absolute atomic E-state index is 11.4. The Kier molecular flexibility index (Phi) is 5.12. The Bertz CT molecular complexity index is 580. The third kappa shape index (κ3) is 3.57. The fourth-order valence-electron chi connectivity index (χ4n) is 1.81. The predicted molar refractivity (Wildman–Crippen MR) is 79.1 cm³/mol. The Morgan fingerprint density at radius 1 is 1.25 bits per heavy atom. The molecule has 0 saturated carbocycles. The minimum absolute atomic E-state index is 0.218. The van der Waals surface area contributed by atoms with E-state index in [1.54, 1.807) is 6.92 Å². The molecule has 0 N–H and O–H groups in total. The van der Waals surface area contributed by atoms with E-state index >= 15 is 0 Å². The van der Waals surface area contributed by atoms with Crippen LogP contribution < -0.4 is 4.74 Å². The number of benzene rings is 1. The second kappa shape index (κ2) is 7.05. The van der Waals surface area contributed by atoms with E-state index in [0.717, 1.165) is 22.0 Å². The average molecular weight is 291 g/mol. The van der Waals surface area contributed by atoms with Crippen LogP contribution in [0.5, 0.6) is 5.75 Å². The Morgan fingerprint density at radius 3 is 2.80 bits per heavy atom. The van der Waals surface area contributed by atoms with Gasteiger partial charge < -0.3 is 9.47 Å². The van der Waals surface area contributed by atoms with Crippen LogP contribution >= 0.6 is 11.3 Å². The molecule has 2 rings (SSSR count). The number of hydrogen-bond donors (Lipinski definition) is 0. The second-order valence-electron chi connectivity index (χ2n) is 4.04. The molecule has 0 unspecified atom stereocenters. The Labute approximate surface area is 122 Å². The van der Waals surface area contributed by atoms with Crippen LogP contribution in [0, 0.1) is 0 Å².